The molecule has 1 atom stereocenters. The molecule has 0 fully saturated rings. The van der Waals surface area contributed by atoms with Crippen LogP contribution in [0.3, 0.4) is 0 Å². The van der Waals surface area contributed by atoms with E-state index in [1.165, 1.54) is 7.11 Å². The van der Waals surface area contributed by atoms with Gasteiger partial charge in [0.25, 0.3) is 0 Å². The largest absolute Gasteiger partial charge is 0.480 e. The third-order valence-electron chi connectivity index (χ3n) is 3.90. The number of nitrogens with zero attached hydrogens (tertiary/aromatic N) is 2. The Morgan fingerprint density at radius 1 is 1.20 bits per heavy atom. The Hall–Kier alpha value is -2.61. The zero-order valence-electron chi connectivity index (χ0n) is 14.4. The molecule has 1 amide bonds. The van der Waals surface area contributed by atoms with E-state index in [4.69, 9.17) is 9.84 Å². The Morgan fingerprint density at radius 2 is 1.80 bits per heavy atom. The van der Waals surface area contributed by atoms with E-state index in [0.717, 1.165) is 17.5 Å². The van der Waals surface area contributed by atoms with Crippen molar-refractivity contribution in [3.8, 4) is 0 Å². The molecule has 1 unspecified atom stereocenters. The van der Waals surface area contributed by atoms with Gasteiger partial charge >= 0.3 is 11.7 Å². The van der Waals surface area contributed by atoms with Crippen LogP contribution in [0, 0.1) is 0 Å². The van der Waals surface area contributed by atoms with Gasteiger partial charge in [0, 0.05) is 26.6 Å². The van der Waals surface area contributed by atoms with Gasteiger partial charge in [0.1, 0.15) is 0 Å². The first-order valence-corrected chi connectivity index (χ1v) is 8.18. The van der Waals surface area contributed by atoms with Crippen LogP contribution in [0.5, 0.6) is 0 Å². The molecular weight excluding hydrogens is 326 g/mol. The summed E-state index contributed by atoms with van der Waals surface area (Å²) in [6.45, 7) is 2.67. The molecule has 0 radical (unpaired) electrons. The molecule has 1 aromatic heterocycles. The number of aromatic nitrogens is 2. The maximum atomic E-state index is 12.6. The van der Waals surface area contributed by atoms with E-state index in [1.807, 2.05) is 31.2 Å². The topological polar surface area (TPSA) is 103 Å². The molecule has 0 saturated carbocycles. The number of carboxylic acids is 1. The monoisotopic (exact) mass is 349 g/mol. The minimum Gasteiger partial charge on any atom is -0.480 e. The second kappa shape index (κ2) is 8.48. The lowest BCUT2D eigenvalue weighted by Gasteiger charge is -2.13. The van der Waals surface area contributed by atoms with Crippen LogP contribution in [-0.4, -0.2) is 45.9 Å². The quantitative estimate of drug-likeness (QED) is 0.698. The predicted octanol–water partition coefficient (Wildman–Crippen LogP) is 0.819. The van der Waals surface area contributed by atoms with Crippen molar-refractivity contribution in [3.63, 3.8) is 0 Å². The number of hydrogen-bond donors (Lipinski definition) is 2. The summed E-state index contributed by atoms with van der Waals surface area (Å²) < 4.78 is 8.03. The maximum absolute atomic E-state index is 12.6. The fourth-order valence-electron chi connectivity index (χ4n) is 2.75. The summed E-state index contributed by atoms with van der Waals surface area (Å²) in [7, 11) is 1.37. The van der Waals surface area contributed by atoms with E-state index < -0.39 is 17.9 Å². The van der Waals surface area contributed by atoms with Crippen molar-refractivity contribution in [2.75, 3.05) is 13.7 Å². The molecule has 2 N–H and O–H groups in total. The number of amides is 1. The molecule has 2 rings (SSSR count). The lowest BCUT2D eigenvalue weighted by Crippen LogP contribution is -2.44. The molecule has 2 aromatic rings. The van der Waals surface area contributed by atoms with Crippen LogP contribution in [0.1, 0.15) is 19.8 Å². The number of imidazole rings is 1. The average Bonchev–Trinajstić information content (AvgIpc) is 2.85. The Kier molecular flexibility index (Phi) is 6.35. The molecule has 25 heavy (non-hydrogen) atoms. The van der Waals surface area contributed by atoms with Crippen LogP contribution in [0.2, 0.25) is 0 Å². The van der Waals surface area contributed by atoms with Crippen molar-refractivity contribution in [3.05, 3.63) is 34.7 Å². The number of aryl methyl sites for hydroxylation is 2. The summed E-state index contributed by atoms with van der Waals surface area (Å²) in [4.78, 5) is 35.7. The van der Waals surface area contributed by atoms with E-state index in [0.29, 0.717) is 6.54 Å². The van der Waals surface area contributed by atoms with Gasteiger partial charge in [0.05, 0.1) is 17.6 Å². The predicted molar refractivity (Wildman–Crippen MR) is 92.5 cm³/mol. The van der Waals surface area contributed by atoms with Gasteiger partial charge in [0.15, 0.2) is 6.04 Å². The van der Waals surface area contributed by atoms with E-state index in [9.17, 15) is 14.4 Å². The number of hydrogen-bond acceptors (Lipinski definition) is 4. The van der Waals surface area contributed by atoms with E-state index >= 15 is 0 Å². The Bertz CT molecular complexity index is 808. The van der Waals surface area contributed by atoms with Crippen LogP contribution in [0.25, 0.3) is 11.0 Å². The first kappa shape index (κ1) is 18.7. The SMILES string of the molecule is CCCn1c(=O)n(CCC(=O)NC(COC)C(=O)O)c2ccccc21. The van der Waals surface area contributed by atoms with Gasteiger partial charge in [-0.05, 0) is 18.6 Å². The van der Waals surface area contributed by atoms with Crippen molar-refractivity contribution < 1.29 is 19.4 Å². The molecule has 0 aliphatic heterocycles. The highest BCUT2D eigenvalue weighted by Crippen LogP contribution is 2.13. The molecular formula is C17H23N3O5. The van der Waals surface area contributed by atoms with Crippen LogP contribution in [0.15, 0.2) is 29.1 Å². The van der Waals surface area contributed by atoms with E-state index in [2.05, 4.69) is 5.32 Å². The van der Waals surface area contributed by atoms with Crippen molar-refractivity contribution in [1.29, 1.82) is 0 Å². The number of methoxy groups -OCH3 is 1. The van der Waals surface area contributed by atoms with Crippen LogP contribution >= 0.6 is 0 Å². The molecule has 0 spiro atoms. The van der Waals surface area contributed by atoms with Gasteiger partial charge in [-0.1, -0.05) is 19.1 Å². The molecule has 8 nitrogen and oxygen atoms in total. The van der Waals surface area contributed by atoms with Crippen molar-refractivity contribution >= 4 is 22.9 Å². The van der Waals surface area contributed by atoms with Crippen molar-refractivity contribution in [1.82, 2.24) is 14.5 Å². The molecule has 1 aromatic carbocycles. The number of aliphatic carboxylic acids is 1. The highest BCUT2D eigenvalue weighted by atomic mass is 16.5. The van der Waals surface area contributed by atoms with Gasteiger partial charge in [-0.3, -0.25) is 13.9 Å². The highest BCUT2D eigenvalue weighted by molar-refractivity contribution is 5.83. The second-order valence-corrected chi connectivity index (χ2v) is 5.74. The smallest absolute Gasteiger partial charge is 0.329 e. The molecule has 0 aliphatic rings. The van der Waals surface area contributed by atoms with Gasteiger partial charge in [-0.15, -0.1) is 0 Å². The molecule has 136 valence electrons. The van der Waals surface area contributed by atoms with Crippen LogP contribution in [0.4, 0.5) is 0 Å². The maximum Gasteiger partial charge on any atom is 0.329 e. The molecule has 1 heterocycles. The summed E-state index contributed by atoms with van der Waals surface area (Å²) in [5.41, 5.74) is 1.43. The number of rotatable bonds is 9. The lowest BCUT2D eigenvalue weighted by molar-refractivity contribution is -0.143. The Balaban J connectivity index is 2.15. The fourth-order valence-corrected chi connectivity index (χ4v) is 2.75. The minimum absolute atomic E-state index is 0.00747. The number of nitrogens with one attached hydrogen (secondary N) is 1. The van der Waals surface area contributed by atoms with E-state index in [1.54, 1.807) is 9.13 Å². The van der Waals surface area contributed by atoms with Gasteiger partial charge in [-0.2, -0.15) is 0 Å². The molecule has 0 saturated heterocycles. The molecule has 0 aliphatic carbocycles. The number of fused-ring (bicyclic) bond motifs is 1. The number of carbonyl (C=O) groups excluding carboxylic acids is 1. The third kappa shape index (κ3) is 4.27. The standard InChI is InChI=1S/C17H23N3O5/c1-3-9-19-13-6-4-5-7-14(13)20(17(19)24)10-8-15(21)18-12(11-25-2)16(22)23/h4-7,12H,3,8-11H2,1-2H3,(H,18,21)(H,22,23). The lowest BCUT2D eigenvalue weighted by atomic mass is 10.2. The fraction of sp³-hybridized carbons (Fsp3) is 0.471. The zero-order valence-corrected chi connectivity index (χ0v) is 14.4. The van der Waals surface area contributed by atoms with E-state index in [-0.39, 0.29) is 25.3 Å². The summed E-state index contributed by atoms with van der Waals surface area (Å²) in [6.07, 6.45) is 0.833. The normalized spacial score (nSPS) is 12.2. The average molecular weight is 349 g/mol. The number of carbonyl (C=O) groups is 2. The Labute approximate surface area is 145 Å². The first-order chi connectivity index (χ1) is 12.0. The first-order valence-electron chi connectivity index (χ1n) is 8.18. The zero-order chi connectivity index (χ0) is 18.4. The number of carboxylic acid groups (broad SMARTS) is 1. The second-order valence-electron chi connectivity index (χ2n) is 5.74. The van der Waals surface area contributed by atoms with Crippen LogP contribution < -0.4 is 11.0 Å². The summed E-state index contributed by atoms with van der Waals surface area (Å²) in [6, 6.07) is 6.32. The number of ether oxygens (including phenoxy) is 1. The van der Waals surface area contributed by atoms with Gasteiger partial charge in [-0.25, -0.2) is 9.59 Å². The third-order valence-corrected chi connectivity index (χ3v) is 3.90. The highest BCUT2D eigenvalue weighted by Gasteiger charge is 2.20. The molecule has 0 bridgehead atoms. The summed E-state index contributed by atoms with van der Waals surface area (Å²) in [5, 5.41) is 11.4. The van der Waals surface area contributed by atoms with Gasteiger partial charge < -0.3 is 15.2 Å². The van der Waals surface area contributed by atoms with Crippen molar-refractivity contribution in [2.45, 2.75) is 38.9 Å². The number of benzene rings is 1. The van der Waals surface area contributed by atoms with Crippen LogP contribution in [-0.2, 0) is 27.4 Å². The van der Waals surface area contributed by atoms with Crippen molar-refractivity contribution in [2.24, 2.45) is 0 Å². The summed E-state index contributed by atoms with van der Waals surface area (Å²) in [5.74, 6) is -1.60. The molecule has 8 heteroatoms. The number of para-hydroxylation sites is 2. The van der Waals surface area contributed by atoms with Gasteiger partial charge in [0.2, 0.25) is 5.91 Å². The summed E-state index contributed by atoms with van der Waals surface area (Å²) >= 11 is 0. The Morgan fingerprint density at radius 3 is 2.32 bits per heavy atom. The minimum atomic E-state index is -1.16.